The molecule has 0 bridgehead atoms. The molecule has 0 saturated carbocycles. The van der Waals surface area contributed by atoms with Gasteiger partial charge in [-0.2, -0.15) is 0 Å². The highest BCUT2D eigenvalue weighted by atomic mass is 16.2. The molecule has 0 fully saturated rings. The molecule has 0 aromatic heterocycles. The summed E-state index contributed by atoms with van der Waals surface area (Å²) in [5, 5.41) is 13.5. The van der Waals surface area contributed by atoms with Crippen LogP contribution in [0.4, 0.5) is 0 Å². The first-order valence-electron chi connectivity index (χ1n) is 17.7. The number of nitrogens with one attached hydrogen (secondary N) is 4. The van der Waals surface area contributed by atoms with Crippen molar-refractivity contribution in [1.29, 1.82) is 0 Å². The number of nitrogens with zero attached hydrogens (tertiary/aromatic N) is 2. The molecule has 0 radical (unpaired) electrons. The van der Waals surface area contributed by atoms with Gasteiger partial charge in [-0.15, -0.1) is 0 Å². The Hall–Kier alpha value is -3.52. The van der Waals surface area contributed by atoms with E-state index in [1.165, 1.54) is 9.80 Å². The van der Waals surface area contributed by atoms with Gasteiger partial charge in [0.25, 0.3) is 23.6 Å². The average Bonchev–Trinajstić information content (AvgIpc) is 3.48. The van der Waals surface area contributed by atoms with Gasteiger partial charge < -0.3 is 32.7 Å². The fraction of sp³-hybridized carbons (Fsp3) is 0.556. The molecule has 12 nitrogen and oxygen atoms in total. The van der Waals surface area contributed by atoms with Crippen LogP contribution in [0.2, 0.25) is 0 Å². The standard InChI is InChI=1S/C36H54N8O4/c37-13-5-19-39-15-1-3-17-41-21-7-23-43-33(45)29-11-9-27(25-31(29)35(43)47)28-10-12-30-32(26-28)36(48)44(34(30)46)24-8-22-42-18-4-2-16-40-20-6-14-38/h9-12,25-26,39-42H,1-8,13-24,37-38H2. The summed E-state index contributed by atoms with van der Waals surface area (Å²) in [5.74, 6) is -1.15. The van der Waals surface area contributed by atoms with Crippen molar-refractivity contribution in [2.24, 2.45) is 11.5 Å². The van der Waals surface area contributed by atoms with Crippen molar-refractivity contribution in [3.05, 3.63) is 58.7 Å². The summed E-state index contributed by atoms with van der Waals surface area (Å²) in [5.41, 5.74) is 14.0. The molecule has 262 valence electrons. The van der Waals surface area contributed by atoms with Gasteiger partial charge in [-0.1, -0.05) is 12.1 Å². The van der Waals surface area contributed by atoms with E-state index in [-0.39, 0.29) is 23.6 Å². The molecule has 2 aliphatic heterocycles. The van der Waals surface area contributed by atoms with Crippen LogP contribution < -0.4 is 32.7 Å². The number of benzene rings is 2. The second kappa shape index (κ2) is 20.1. The molecular formula is C36H54N8O4. The molecule has 4 rings (SSSR count). The predicted molar refractivity (Wildman–Crippen MR) is 189 cm³/mol. The zero-order chi connectivity index (χ0) is 34.1. The van der Waals surface area contributed by atoms with Gasteiger partial charge in [0.2, 0.25) is 0 Å². The minimum absolute atomic E-state index is 0.278. The number of hydrogen-bond donors (Lipinski definition) is 6. The molecule has 8 N–H and O–H groups in total. The number of imide groups is 2. The summed E-state index contributed by atoms with van der Waals surface area (Å²) in [7, 11) is 0. The molecule has 2 aromatic carbocycles. The van der Waals surface area contributed by atoms with Gasteiger partial charge in [-0.05, 0) is 152 Å². The van der Waals surface area contributed by atoms with Gasteiger partial charge in [0.15, 0.2) is 0 Å². The summed E-state index contributed by atoms with van der Waals surface area (Å²) in [6, 6.07) is 10.4. The van der Waals surface area contributed by atoms with E-state index in [0.29, 0.717) is 61.3 Å². The van der Waals surface area contributed by atoms with E-state index in [1.54, 1.807) is 36.4 Å². The fourth-order valence-electron chi connectivity index (χ4n) is 6.03. The van der Waals surface area contributed by atoms with Crippen LogP contribution in [0.25, 0.3) is 11.1 Å². The first-order chi connectivity index (χ1) is 23.5. The van der Waals surface area contributed by atoms with Crippen molar-refractivity contribution in [3.63, 3.8) is 0 Å². The van der Waals surface area contributed by atoms with Crippen molar-refractivity contribution in [2.75, 3.05) is 78.5 Å². The molecular weight excluding hydrogens is 608 g/mol. The molecule has 12 heteroatoms. The van der Waals surface area contributed by atoms with Crippen LogP contribution in [0.15, 0.2) is 36.4 Å². The average molecular weight is 663 g/mol. The molecule has 2 aromatic rings. The van der Waals surface area contributed by atoms with Crippen LogP contribution >= 0.6 is 0 Å². The van der Waals surface area contributed by atoms with Crippen LogP contribution in [0, 0.1) is 0 Å². The number of carbonyl (C=O) groups excluding carboxylic acids is 4. The highest BCUT2D eigenvalue weighted by molar-refractivity contribution is 6.23. The van der Waals surface area contributed by atoms with Gasteiger partial charge in [-0.25, -0.2) is 0 Å². The summed E-state index contributed by atoms with van der Waals surface area (Å²) in [6.07, 6.45) is 7.60. The minimum atomic E-state index is -0.299. The number of amides is 4. The normalized spacial score (nSPS) is 14.0. The SMILES string of the molecule is NCCCNCCCCNCCCN1C(=O)c2ccc(-c3ccc4c(c3)C(=O)N(CCCNCCCCNCCCN)C4=O)cc2C1=O. The lowest BCUT2D eigenvalue weighted by atomic mass is 9.97. The smallest absolute Gasteiger partial charge is 0.261 e. The Morgan fingerprint density at radius 3 is 1.08 bits per heavy atom. The number of carbonyl (C=O) groups is 4. The molecule has 0 unspecified atom stereocenters. The largest absolute Gasteiger partial charge is 0.330 e. The lowest BCUT2D eigenvalue weighted by Gasteiger charge is -2.14. The van der Waals surface area contributed by atoms with Crippen molar-refractivity contribution < 1.29 is 19.2 Å². The predicted octanol–water partition coefficient (Wildman–Crippen LogP) is 1.94. The van der Waals surface area contributed by atoms with Crippen molar-refractivity contribution in [1.82, 2.24) is 31.1 Å². The zero-order valence-corrected chi connectivity index (χ0v) is 28.3. The number of hydrogen-bond acceptors (Lipinski definition) is 10. The van der Waals surface area contributed by atoms with E-state index < -0.39 is 0 Å². The lowest BCUT2D eigenvalue weighted by molar-refractivity contribution is 0.0637. The first-order valence-corrected chi connectivity index (χ1v) is 17.7. The second-order valence-electron chi connectivity index (χ2n) is 12.5. The highest BCUT2D eigenvalue weighted by Crippen LogP contribution is 2.32. The van der Waals surface area contributed by atoms with Crippen LogP contribution in [0.5, 0.6) is 0 Å². The molecule has 2 aliphatic rings. The van der Waals surface area contributed by atoms with Gasteiger partial charge in [0, 0.05) is 13.1 Å². The Morgan fingerprint density at radius 2 is 0.729 bits per heavy atom. The lowest BCUT2D eigenvalue weighted by Crippen LogP contribution is -2.32. The van der Waals surface area contributed by atoms with Crippen molar-refractivity contribution in [2.45, 2.75) is 51.4 Å². The van der Waals surface area contributed by atoms with E-state index >= 15 is 0 Å². The van der Waals surface area contributed by atoms with E-state index in [2.05, 4.69) is 21.3 Å². The van der Waals surface area contributed by atoms with E-state index in [9.17, 15) is 19.2 Å². The van der Waals surface area contributed by atoms with Crippen LogP contribution in [0.3, 0.4) is 0 Å². The molecule has 4 amide bonds. The number of rotatable bonds is 25. The Labute approximate surface area is 284 Å². The van der Waals surface area contributed by atoms with Gasteiger partial charge in [-0.3, -0.25) is 29.0 Å². The summed E-state index contributed by atoms with van der Waals surface area (Å²) < 4.78 is 0. The minimum Gasteiger partial charge on any atom is -0.330 e. The number of fused-ring (bicyclic) bond motifs is 2. The monoisotopic (exact) mass is 662 g/mol. The second-order valence-corrected chi connectivity index (χ2v) is 12.5. The fourth-order valence-corrected chi connectivity index (χ4v) is 6.03. The van der Waals surface area contributed by atoms with Gasteiger partial charge in [0.1, 0.15) is 0 Å². The van der Waals surface area contributed by atoms with E-state index in [1.807, 2.05) is 0 Å². The topological polar surface area (TPSA) is 175 Å². The Morgan fingerprint density at radius 1 is 0.417 bits per heavy atom. The highest BCUT2D eigenvalue weighted by Gasteiger charge is 2.37. The van der Waals surface area contributed by atoms with Gasteiger partial charge in [0.05, 0.1) is 22.3 Å². The van der Waals surface area contributed by atoms with Crippen molar-refractivity contribution >= 4 is 23.6 Å². The summed E-state index contributed by atoms with van der Waals surface area (Å²) in [6.45, 7) is 9.20. The molecule has 0 spiro atoms. The molecule has 0 saturated heterocycles. The maximum Gasteiger partial charge on any atom is 0.261 e. The third-order valence-electron chi connectivity index (χ3n) is 8.77. The Balaban J connectivity index is 1.21. The van der Waals surface area contributed by atoms with E-state index in [4.69, 9.17) is 11.5 Å². The van der Waals surface area contributed by atoms with Crippen LogP contribution in [-0.4, -0.2) is 112 Å². The molecule has 0 aliphatic carbocycles. The Kier molecular flexibility index (Phi) is 15.6. The maximum atomic E-state index is 13.2. The maximum absolute atomic E-state index is 13.2. The number of nitrogens with two attached hydrogens (primary N) is 2. The van der Waals surface area contributed by atoms with Crippen LogP contribution in [-0.2, 0) is 0 Å². The third kappa shape index (κ3) is 10.2. The zero-order valence-electron chi connectivity index (χ0n) is 28.3. The number of unbranched alkanes of at least 4 members (excludes halogenated alkanes) is 2. The third-order valence-corrected chi connectivity index (χ3v) is 8.77. The molecule has 0 atom stereocenters. The van der Waals surface area contributed by atoms with Gasteiger partial charge >= 0.3 is 0 Å². The van der Waals surface area contributed by atoms with Crippen molar-refractivity contribution in [3.8, 4) is 11.1 Å². The first kappa shape index (κ1) is 37.3. The quantitative estimate of drug-likeness (QED) is 0.0681. The summed E-state index contributed by atoms with van der Waals surface area (Å²) >= 11 is 0. The van der Waals surface area contributed by atoms with Crippen LogP contribution in [0.1, 0.15) is 92.8 Å². The molecule has 48 heavy (non-hydrogen) atoms. The molecule has 2 heterocycles. The van der Waals surface area contributed by atoms with E-state index in [0.717, 1.165) is 102 Å². The Bertz CT molecular complexity index is 1280. The summed E-state index contributed by atoms with van der Waals surface area (Å²) in [4.78, 5) is 55.1.